The van der Waals surface area contributed by atoms with Crippen molar-refractivity contribution in [3.63, 3.8) is 0 Å². The van der Waals surface area contributed by atoms with Crippen molar-refractivity contribution in [1.82, 2.24) is 5.32 Å². The first-order chi connectivity index (χ1) is 8.02. The van der Waals surface area contributed by atoms with Crippen LogP contribution in [0.2, 0.25) is 0 Å². The molecule has 0 saturated carbocycles. The zero-order chi connectivity index (χ0) is 12.8. The Kier molecular flexibility index (Phi) is 5.20. The lowest BCUT2D eigenvalue weighted by atomic mass is 10.2. The van der Waals surface area contributed by atoms with E-state index in [0.717, 1.165) is 9.26 Å². The van der Waals surface area contributed by atoms with Crippen LogP contribution in [0, 0.1) is 3.57 Å². The number of carbonyl (C=O) groups excluding carboxylic acids is 2. The lowest BCUT2D eigenvalue weighted by Gasteiger charge is -2.14. The number of alkyl carbamates (subject to hydrolysis) is 1. The molecular formula is C11H13IN2O3. The number of amides is 2. The predicted molar refractivity (Wildman–Crippen MR) is 72.8 cm³/mol. The van der Waals surface area contributed by atoms with E-state index in [0.29, 0.717) is 0 Å². The second kappa shape index (κ2) is 6.43. The first kappa shape index (κ1) is 13.8. The van der Waals surface area contributed by atoms with Gasteiger partial charge in [-0.2, -0.15) is 0 Å². The van der Waals surface area contributed by atoms with Crippen molar-refractivity contribution in [3.05, 3.63) is 27.8 Å². The van der Waals surface area contributed by atoms with E-state index < -0.39 is 18.0 Å². The van der Waals surface area contributed by atoms with Gasteiger partial charge in [-0.1, -0.05) is 0 Å². The van der Waals surface area contributed by atoms with Gasteiger partial charge in [-0.15, -0.1) is 0 Å². The number of imide groups is 1. The first-order valence-corrected chi connectivity index (χ1v) is 6.01. The Morgan fingerprint density at radius 1 is 1.29 bits per heavy atom. The van der Waals surface area contributed by atoms with E-state index >= 15 is 0 Å². The standard InChI is InChI=1S/C11H13IN2O3/c1-7(10(15)14-11(16)17-2)13-9-5-3-8(12)4-6-9/h3-7,13H,1-2H3,(H,14,15,16)/t7-/m1/s1. The van der Waals surface area contributed by atoms with Crippen LogP contribution in [0.3, 0.4) is 0 Å². The summed E-state index contributed by atoms with van der Waals surface area (Å²) >= 11 is 2.20. The maximum Gasteiger partial charge on any atom is 0.413 e. The van der Waals surface area contributed by atoms with Crippen LogP contribution < -0.4 is 10.6 Å². The van der Waals surface area contributed by atoms with Crippen molar-refractivity contribution in [1.29, 1.82) is 0 Å². The lowest BCUT2D eigenvalue weighted by molar-refractivity contribution is -0.120. The molecule has 0 aliphatic heterocycles. The Labute approximate surface area is 113 Å². The minimum atomic E-state index is -0.758. The Morgan fingerprint density at radius 3 is 2.41 bits per heavy atom. The van der Waals surface area contributed by atoms with E-state index in [2.05, 4.69) is 38.0 Å². The average Bonchev–Trinajstić information content (AvgIpc) is 2.31. The molecule has 2 amide bonds. The highest BCUT2D eigenvalue weighted by atomic mass is 127. The van der Waals surface area contributed by atoms with E-state index in [-0.39, 0.29) is 0 Å². The summed E-state index contributed by atoms with van der Waals surface area (Å²) in [6.07, 6.45) is -0.758. The molecule has 5 nitrogen and oxygen atoms in total. The SMILES string of the molecule is COC(=O)NC(=O)[C@@H](C)Nc1ccc(I)cc1. The molecule has 17 heavy (non-hydrogen) atoms. The predicted octanol–water partition coefficient (Wildman–Crippen LogP) is 1.97. The van der Waals surface area contributed by atoms with Gasteiger partial charge in [0.2, 0.25) is 0 Å². The molecule has 1 aromatic carbocycles. The Hall–Kier alpha value is -1.31. The van der Waals surface area contributed by atoms with Crippen LogP contribution in [0.15, 0.2) is 24.3 Å². The zero-order valence-electron chi connectivity index (χ0n) is 9.49. The van der Waals surface area contributed by atoms with Gasteiger partial charge in [-0.25, -0.2) is 4.79 Å². The number of benzene rings is 1. The number of ether oxygens (including phenoxy) is 1. The summed E-state index contributed by atoms with van der Waals surface area (Å²) in [7, 11) is 1.21. The van der Waals surface area contributed by atoms with Gasteiger partial charge in [0.25, 0.3) is 5.91 Å². The van der Waals surface area contributed by atoms with Gasteiger partial charge < -0.3 is 10.1 Å². The normalized spacial score (nSPS) is 11.5. The second-order valence-corrected chi connectivity index (χ2v) is 4.60. The Morgan fingerprint density at radius 2 is 1.88 bits per heavy atom. The molecule has 0 spiro atoms. The number of hydrogen-bond acceptors (Lipinski definition) is 4. The number of halogens is 1. The molecule has 0 aliphatic rings. The van der Waals surface area contributed by atoms with Crippen molar-refractivity contribution in [2.75, 3.05) is 12.4 Å². The van der Waals surface area contributed by atoms with Crippen LogP contribution in [0.5, 0.6) is 0 Å². The van der Waals surface area contributed by atoms with Crippen LogP contribution in [-0.2, 0) is 9.53 Å². The number of carbonyl (C=O) groups is 2. The topological polar surface area (TPSA) is 67.4 Å². The molecule has 1 atom stereocenters. The van der Waals surface area contributed by atoms with Crippen molar-refractivity contribution < 1.29 is 14.3 Å². The maximum absolute atomic E-state index is 11.5. The smallest absolute Gasteiger partial charge is 0.413 e. The van der Waals surface area contributed by atoms with Crippen LogP contribution >= 0.6 is 22.6 Å². The van der Waals surface area contributed by atoms with Crippen molar-refractivity contribution in [2.24, 2.45) is 0 Å². The van der Waals surface area contributed by atoms with Crippen molar-refractivity contribution in [2.45, 2.75) is 13.0 Å². The van der Waals surface area contributed by atoms with E-state index in [1.165, 1.54) is 7.11 Å². The highest BCUT2D eigenvalue weighted by Gasteiger charge is 2.15. The zero-order valence-corrected chi connectivity index (χ0v) is 11.6. The summed E-state index contributed by atoms with van der Waals surface area (Å²) in [4.78, 5) is 22.3. The number of hydrogen-bond donors (Lipinski definition) is 2. The molecule has 0 heterocycles. The molecule has 2 N–H and O–H groups in total. The monoisotopic (exact) mass is 348 g/mol. The summed E-state index contributed by atoms with van der Waals surface area (Å²) in [5.41, 5.74) is 0.818. The van der Waals surface area contributed by atoms with E-state index in [4.69, 9.17) is 0 Å². The number of nitrogens with one attached hydrogen (secondary N) is 2. The van der Waals surface area contributed by atoms with Gasteiger partial charge in [0.05, 0.1) is 7.11 Å². The summed E-state index contributed by atoms with van der Waals surface area (Å²) in [6.45, 7) is 1.66. The van der Waals surface area contributed by atoms with Gasteiger partial charge in [0, 0.05) is 9.26 Å². The van der Waals surface area contributed by atoms with Crippen LogP contribution in [0.1, 0.15) is 6.92 Å². The molecule has 92 valence electrons. The molecule has 1 rings (SSSR count). The minimum Gasteiger partial charge on any atom is -0.453 e. The maximum atomic E-state index is 11.5. The fraction of sp³-hybridized carbons (Fsp3) is 0.273. The molecule has 0 aromatic heterocycles. The highest BCUT2D eigenvalue weighted by Crippen LogP contribution is 2.12. The van der Waals surface area contributed by atoms with Gasteiger partial charge >= 0.3 is 6.09 Å². The molecule has 0 aliphatic carbocycles. The number of anilines is 1. The summed E-state index contributed by atoms with van der Waals surface area (Å²) in [5, 5.41) is 5.07. The Bertz CT molecular complexity index is 406. The van der Waals surface area contributed by atoms with Gasteiger partial charge in [-0.05, 0) is 53.8 Å². The third-order valence-electron chi connectivity index (χ3n) is 2.03. The molecule has 0 radical (unpaired) electrons. The molecule has 6 heteroatoms. The molecule has 0 fully saturated rings. The van der Waals surface area contributed by atoms with E-state index in [9.17, 15) is 9.59 Å². The van der Waals surface area contributed by atoms with Crippen LogP contribution in [0.25, 0.3) is 0 Å². The van der Waals surface area contributed by atoms with Crippen LogP contribution in [0.4, 0.5) is 10.5 Å². The minimum absolute atomic E-state index is 0.435. The largest absolute Gasteiger partial charge is 0.453 e. The summed E-state index contributed by atoms with van der Waals surface area (Å²) in [6, 6.07) is 7.06. The average molecular weight is 348 g/mol. The van der Waals surface area contributed by atoms with Gasteiger partial charge in [-0.3, -0.25) is 10.1 Å². The third-order valence-corrected chi connectivity index (χ3v) is 2.75. The number of rotatable bonds is 3. The van der Waals surface area contributed by atoms with E-state index in [1.54, 1.807) is 6.92 Å². The number of methoxy groups -OCH3 is 1. The van der Waals surface area contributed by atoms with Crippen LogP contribution in [-0.4, -0.2) is 25.2 Å². The Balaban J connectivity index is 2.54. The first-order valence-electron chi connectivity index (χ1n) is 4.94. The molecule has 1 aromatic rings. The molecule has 0 unspecified atom stereocenters. The third kappa shape index (κ3) is 4.59. The molecular weight excluding hydrogens is 335 g/mol. The van der Waals surface area contributed by atoms with E-state index in [1.807, 2.05) is 24.3 Å². The summed E-state index contributed by atoms with van der Waals surface area (Å²) in [5.74, 6) is -0.435. The lowest BCUT2D eigenvalue weighted by Crippen LogP contribution is -2.40. The molecule has 0 saturated heterocycles. The second-order valence-electron chi connectivity index (χ2n) is 3.35. The van der Waals surface area contributed by atoms with Crippen molar-refractivity contribution in [3.8, 4) is 0 Å². The van der Waals surface area contributed by atoms with Gasteiger partial charge in [0.1, 0.15) is 6.04 Å². The summed E-state index contributed by atoms with van der Waals surface area (Å²) < 4.78 is 5.45. The quantitative estimate of drug-likeness (QED) is 0.820. The van der Waals surface area contributed by atoms with Crippen molar-refractivity contribution >= 4 is 40.3 Å². The fourth-order valence-corrected chi connectivity index (χ4v) is 1.48. The fourth-order valence-electron chi connectivity index (χ4n) is 1.12. The highest BCUT2D eigenvalue weighted by molar-refractivity contribution is 14.1. The van der Waals surface area contributed by atoms with Gasteiger partial charge in [0.15, 0.2) is 0 Å². The molecule has 0 bridgehead atoms.